The molecule has 0 saturated heterocycles. The molecule has 0 radical (unpaired) electrons. The van der Waals surface area contributed by atoms with Crippen LogP contribution in [-0.4, -0.2) is 12.1 Å². The van der Waals surface area contributed by atoms with Gasteiger partial charge in [0.2, 0.25) is 5.89 Å². The Balaban J connectivity index is 1.71. The van der Waals surface area contributed by atoms with Gasteiger partial charge in [-0.1, -0.05) is 36.4 Å². The molecule has 1 heterocycles. The van der Waals surface area contributed by atoms with Crippen molar-refractivity contribution in [1.29, 1.82) is 5.26 Å². The standard InChI is InChI=1S/C27H21FN2O3/c1-3-8-19-13-18(14-21(16-29)27-30-23-11-6-7-12-24(23)33-27)15-25(31-2)26(19)32-17-20-9-4-5-10-22(20)28/h3-7,9-15H,1,8,17H2,2H3/b21-14+. The van der Waals surface area contributed by atoms with E-state index in [4.69, 9.17) is 13.9 Å². The molecule has 0 aliphatic carbocycles. The van der Waals surface area contributed by atoms with Crippen LogP contribution in [0.4, 0.5) is 4.39 Å². The van der Waals surface area contributed by atoms with Gasteiger partial charge in [0.15, 0.2) is 17.1 Å². The molecule has 0 fully saturated rings. The number of allylic oxidation sites excluding steroid dienone is 2. The molecular weight excluding hydrogens is 419 g/mol. The zero-order valence-corrected chi connectivity index (χ0v) is 18.0. The van der Waals surface area contributed by atoms with E-state index in [-0.39, 0.29) is 23.9 Å². The highest BCUT2D eigenvalue weighted by atomic mass is 19.1. The third-order valence-electron chi connectivity index (χ3n) is 5.02. The lowest BCUT2D eigenvalue weighted by molar-refractivity contribution is 0.277. The van der Waals surface area contributed by atoms with Crippen LogP contribution < -0.4 is 9.47 Å². The van der Waals surface area contributed by atoms with Gasteiger partial charge in [0, 0.05) is 11.1 Å². The van der Waals surface area contributed by atoms with Crippen molar-refractivity contribution in [1.82, 2.24) is 4.98 Å². The number of hydrogen-bond donors (Lipinski definition) is 0. The summed E-state index contributed by atoms with van der Waals surface area (Å²) in [6, 6.07) is 19.6. The molecular formula is C27H21FN2O3. The number of ether oxygens (including phenoxy) is 2. The molecule has 0 amide bonds. The van der Waals surface area contributed by atoms with Gasteiger partial charge in [-0.15, -0.1) is 6.58 Å². The first-order valence-electron chi connectivity index (χ1n) is 10.3. The van der Waals surface area contributed by atoms with Crippen LogP contribution in [0.2, 0.25) is 0 Å². The minimum Gasteiger partial charge on any atom is -0.493 e. The van der Waals surface area contributed by atoms with Gasteiger partial charge in [-0.05, 0) is 48.4 Å². The maximum Gasteiger partial charge on any atom is 0.238 e. The molecule has 0 aliphatic rings. The van der Waals surface area contributed by atoms with Crippen LogP contribution in [-0.2, 0) is 13.0 Å². The van der Waals surface area contributed by atoms with Crippen molar-refractivity contribution >= 4 is 22.7 Å². The van der Waals surface area contributed by atoms with E-state index in [1.807, 2.05) is 24.3 Å². The van der Waals surface area contributed by atoms with Gasteiger partial charge >= 0.3 is 0 Å². The Hall–Kier alpha value is -4.37. The van der Waals surface area contributed by atoms with Gasteiger partial charge < -0.3 is 13.9 Å². The lowest BCUT2D eigenvalue weighted by Gasteiger charge is -2.16. The molecule has 0 spiro atoms. The molecule has 0 bridgehead atoms. The Morgan fingerprint density at radius 2 is 1.94 bits per heavy atom. The molecule has 3 aromatic carbocycles. The lowest BCUT2D eigenvalue weighted by atomic mass is 10.0. The molecule has 0 aliphatic heterocycles. The molecule has 0 saturated carbocycles. The zero-order chi connectivity index (χ0) is 23.2. The molecule has 4 aromatic rings. The van der Waals surface area contributed by atoms with Crippen LogP contribution in [0.3, 0.4) is 0 Å². The van der Waals surface area contributed by atoms with E-state index in [2.05, 4.69) is 17.6 Å². The van der Waals surface area contributed by atoms with Crippen LogP contribution in [0.5, 0.6) is 11.5 Å². The summed E-state index contributed by atoms with van der Waals surface area (Å²) in [5, 5.41) is 9.73. The van der Waals surface area contributed by atoms with Crippen molar-refractivity contribution in [2.75, 3.05) is 7.11 Å². The van der Waals surface area contributed by atoms with E-state index < -0.39 is 0 Å². The molecule has 164 valence electrons. The number of para-hydroxylation sites is 2. The summed E-state index contributed by atoms with van der Waals surface area (Å²) in [6.07, 6.45) is 3.92. The van der Waals surface area contributed by atoms with Gasteiger partial charge in [-0.2, -0.15) is 5.26 Å². The number of methoxy groups -OCH3 is 1. The average Bonchev–Trinajstić information content (AvgIpc) is 3.26. The van der Waals surface area contributed by atoms with E-state index in [1.54, 1.807) is 42.5 Å². The Labute approximate surface area is 191 Å². The van der Waals surface area contributed by atoms with Gasteiger partial charge in [-0.25, -0.2) is 9.37 Å². The first-order chi connectivity index (χ1) is 16.1. The van der Waals surface area contributed by atoms with Crippen molar-refractivity contribution in [3.05, 3.63) is 102 Å². The molecule has 5 nitrogen and oxygen atoms in total. The average molecular weight is 440 g/mol. The van der Waals surface area contributed by atoms with Crippen molar-refractivity contribution in [3.63, 3.8) is 0 Å². The number of nitriles is 1. The van der Waals surface area contributed by atoms with Crippen LogP contribution >= 0.6 is 0 Å². The second-order valence-corrected chi connectivity index (χ2v) is 7.24. The molecule has 6 heteroatoms. The molecule has 0 unspecified atom stereocenters. The Morgan fingerprint density at radius 3 is 2.67 bits per heavy atom. The molecule has 1 aromatic heterocycles. The van der Waals surface area contributed by atoms with Crippen molar-refractivity contribution in [2.24, 2.45) is 0 Å². The quantitative estimate of drug-likeness (QED) is 0.236. The number of aromatic nitrogens is 1. The number of halogens is 1. The number of nitrogens with zero attached hydrogens (tertiary/aromatic N) is 2. The summed E-state index contributed by atoms with van der Waals surface area (Å²) in [7, 11) is 1.53. The molecule has 33 heavy (non-hydrogen) atoms. The summed E-state index contributed by atoms with van der Waals surface area (Å²) in [4.78, 5) is 4.41. The Kier molecular flexibility index (Phi) is 6.51. The summed E-state index contributed by atoms with van der Waals surface area (Å²) < 4.78 is 31.3. The summed E-state index contributed by atoms with van der Waals surface area (Å²) in [5.74, 6) is 0.867. The SMILES string of the molecule is C=CCc1cc(/C=C(\C#N)c2nc3ccccc3o2)cc(OC)c1OCc1ccccc1F. The highest BCUT2D eigenvalue weighted by Crippen LogP contribution is 2.35. The predicted octanol–water partition coefficient (Wildman–Crippen LogP) is 6.35. The molecule has 0 atom stereocenters. The van der Waals surface area contributed by atoms with Gasteiger partial charge in [0.05, 0.1) is 7.11 Å². The maximum absolute atomic E-state index is 14.0. The van der Waals surface area contributed by atoms with Crippen molar-refractivity contribution in [2.45, 2.75) is 13.0 Å². The topological polar surface area (TPSA) is 68.3 Å². The first kappa shape index (κ1) is 21.8. The monoisotopic (exact) mass is 440 g/mol. The van der Waals surface area contributed by atoms with Crippen molar-refractivity contribution < 1.29 is 18.3 Å². The minimum atomic E-state index is -0.335. The second kappa shape index (κ2) is 9.84. The number of oxazole rings is 1. The summed E-state index contributed by atoms with van der Waals surface area (Å²) in [5.41, 5.74) is 3.50. The van der Waals surface area contributed by atoms with Crippen LogP contribution in [0.1, 0.15) is 22.6 Å². The fourth-order valence-electron chi connectivity index (χ4n) is 3.45. The van der Waals surface area contributed by atoms with Crippen LogP contribution in [0.15, 0.2) is 77.7 Å². The van der Waals surface area contributed by atoms with Crippen molar-refractivity contribution in [3.8, 4) is 17.6 Å². The predicted molar refractivity (Wildman–Crippen MR) is 125 cm³/mol. The second-order valence-electron chi connectivity index (χ2n) is 7.24. The number of fused-ring (bicyclic) bond motifs is 1. The van der Waals surface area contributed by atoms with Gasteiger partial charge in [0.1, 0.15) is 29.6 Å². The van der Waals surface area contributed by atoms with Gasteiger partial charge in [0.25, 0.3) is 0 Å². The Bertz CT molecular complexity index is 1350. The molecule has 0 N–H and O–H groups in total. The van der Waals surface area contributed by atoms with E-state index in [0.717, 1.165) is 5.56 Å². The highest BCUT2D eigenvalue weighted by Gasteiger charge is 2.16. The molecule has 4 rings (SSSR count). The largest absolute Gasteiger partial charge is 0.493 e. The van der Waals surface area contributed by atoms with E-state index >= 15 is 0 Å². The summed E-state index contributed by atoms with van der Waals surface area (Å²) in [6.45, 7) is 3.86. The van der Waals surface area contributed by atoms with E-state index in [9.17, 15) is 9.65 Å². The number of rotatable bonds is 8. The number of benzene rings is 3. The third kappa shape index (κ3) is 4.78. The highest BCUT2D eigenvalue weighted by molar-refractivity contribution is 5.89. The summed E-state index contributed by atoms with van der Waals surface area (Å²) >= 11 is 0. The fourth-order valence-corrected chi connectivity index (χ4v) is 3.45. The Morgan fingerprint density at radius 1 is 1.15 bits per heavy atom. The maximum atomic E-state index is 14.0. The van der Waals surface area contributed by atoms with Crippen LogP contribution in [0.25, 0.3) is 22.7 Å². The fraction of sp³-hybridized carbons (Fsp3) is 0.111. The van der Waals surface area contributed by atoms with Crippen LogP contribution in [0, 0.1) is 17.1 Å². The van der Waals surface area contributed by atoms with E-state index in [0.29, 0.717) is 40.1 Å². The minimum absolute atomic E-state index is 0.0503. The smallest absolute Gasteiger partial charge is 0.238 e. The van der Waals surface area contributed by atoms with E-state index in [1.165, 1.54) is 13.2 Å². The normalized spacial score (nSPS) is 11.2. The third-order valence-corrected chi connectivity index (χ3v) is 5.02. The van der Waals surface area contributed by atoms with Gasteiger partial charge in [-0.3, -0.25) is 0 Å². The zero-order valence-electron chi connectivity index (χ0n) is 18.0. The number of hydrogen-bond acceptors (Lipinski definition) is 5. The first-order valence-corrected chi connectivity index (χ1v) is 10.3. The lowest BCUT2D eigenvalue weighted by Crippen LogP contribution is -2.03.